The molecule has 1 N–H and O–H groups in total. The standard InChI is InChI=1S/C20H25FN2O3/c1-19(2)15-9-10-20(19,3)18(26)23(17(15)25)11-5-8-16(24)22-14-7-4-6-13(21)12-14/h4,6-7,12,15H,5,8-11H2,1-3H3,(H,22,24). The van der Waals surface area contributed by atoms with Gasteiger partial charge in [-0.25, -0.2) is 4.39 Å². The number of rotatable bonds is 5. The van der Waals surface area contributed by atoms with Crippen LogP contribution in [0.15, 0.2) is 24.3 Å². The summed E-state index contributed by atoms with van der Waals surface area (Å²) in [5.41, 5.74) is -0.450. The zero-order chi connectivity index (χ0) is 19.1. The van der Waals surface area contributed by atoms with E-state index in [1.165, 1.54) is 23.1 Å². The SMILES string of the molecule is CC12CCC(C(=O)N(CCCC(=O)Nc3cccc(F)c3)C1=O)C2(C)C. The van der Waals surface area contributed by atoms with Gasteiger partial charge in [0.25, 0.3) is 0 Å². The van der Waals surface area contributed by atoms with E-state index in [0.29, 0.717) is 12.1 Å². The fraction of sp³-hybridized carbons (Fsp3) is 0.550. The number of imide groups is 1. The number of nitrogens with zero attached hydrogens (tertiary/aromatic N) is 1. The van der Waals surface area contributed by atoms with Gasteiger partial charge >= 0.3 is 0 Å². The molecular formula is C20H25FN2O3. The molecule has 2 unspecified atom stereocenters. The molecule has 140 valence electrons. The molecule has 1 aliphatic heterocycles. The van der Waals surface area contributed by atoms with Crippen LogP contribution in [0.2, 0.25) is 0 Å². The summed E-state index contributed by atoms with van der Waals surface area (Å²) in [4.78, 5) is 39.0. The highest BCUT2D eigenvalue weighted by molar-refractivity contribution is 6.03. The normalized spacial score (nSPS) is 26.9. The number of carbonyl (C=O) groups excluding carboxylic acids is 3. The highest BCUT2D eigenvalue weighted by Crippen LogP contribution is 2.60. The molecule has 5 nitrogen and oxygen atoms in total. The van der Waals surface area contributed by atoms with Crippen molar-refractivity contribution in [2.75, 3.05) is 11.9 Å². The predicted molar refractivity (Wildman–Crippen MR) is 95.6 cm³/mol. The lowest BCUT2D eigenvalue weighted by atomic mass is 9.62. The number of anilines is 1. The number of nitrogens with one attached hydrogen (secondary N) is 1. The summed E-state index contributed by atoms with van der Waals surface area (Å²) in [6.07, 6.45) is 2.02. The quantitative estimate of drug-likeness (QED) is 0.819. The average Bonchev–Trinajstić information content (AvgIpc) is 2.75. The van der Waals surface area contributed by atoms with Crippen molar-refractivity contribution < 1.29 is 18.8 Å². The Morgan fingerprint density at radius 1 is 1.31 bits per heavy atom. The second-order valence-electron chi connectivity index (χ2n) is 8.10. The van der Waals surface area contributed by atoms with Crippen LogP contribution in [0, 0.1) is 22.6 Å². The third kappa shape index (κ3) is 2.91. The van der Waals surface area contributed by atoms with E-state index in [1.807, 2.05) is 20.8 Å². The third-order valence-electron chi connectivity index (χ3n) is 6.40. The first-order valence-corrected chi connectivity index (χ1v) is 9.08. The maximum Gasteiger partial charge on any atom is 0.235 e. The van der Waals surface area contributed by atoms with E-state index in [-0.39, 0.29) is 42.0 Å². The molecule has 2 fully saturated rings. The van der Waals surface area contributed by atoms with E-state index < -0.39 is 11.2 Å². The summed E-state index contributed by atoms with van der Waals surface area (Å²) in [5.74, 6) is -1.04. The van der Waals surface area contributed by atoms with Crippen LogP contribution >= 0.6 is 0 Å². The van der Waals surface area contributed by atoms with Crippen molar-refractivity contribution in [3.8, 4) is 0 Å². The third-order valence-corrected chi connectivity index (χ3v) is 6.40. The minimum Gasteiger partial charge on any atom is -0.326 e. The predicted octanol–water partition coefficient (Wildman–Crippen LogP) is 3.36. The molecule has 1 aliphatic carbocycles. The summed E-state index contributed by atoms with van der Waals surface area (Å²) >= 11 is 0. The van der Waals surface area contributed by atoms with Gasteiger partial charge in [0.2, 0.25) is 17.7 Å². The lowest BCUT2D eigenvalue weighted by Gasteiger charge is -2.47. The van der Waals surface area contributed by atoms with Crippen LogP contribution in [0.5, 0.6) is 0 Å². The number of carbonyl (C=O) groups is 3. The highest BCUT2D eigenvalue weighted by Gasteiger charge is 2.64. The Hall–Kier alpha value is -2.24. The number of halogens is 1. The Bertz CT molecular complexity index is 761. The lowest BCUT2D eigenvalue weighted by molar-refractivity contribution is -0.168. The molecule has 0 radical (unpaired) electrons. The first-order valence-electron chi connectivity index (χ1n) is 9.08. The zero-order valence-corrected chi connectivity index (χ0v) is 15.5. The van der Waals surface area contributed by atoms with Crippen LogP contribution < -0.4 is 5.32 Å². The van der Waals surface area contributed by atoms with Crippen molar-refractivity contribution in [2.24, 2.45) is 16.7 Å². The molecule has 0 aromatic heterocycles. The fourth-order valence-corrected chi connectivity index (χ4v) is 4.30. The van der Waals surface area contributed by atoms with E-state index in [9.17, 15) is 18.8 Å². The molecule has 1 aromatic rings. The lowest BCUT2D eigenvalue weighted by Crippen LogP contribution is -2.59. The summed E-state index contributed by atoms with van der Waals surface area (Å²) in [6.45, 7) is 6.20. The summed E-state index contributed by atoms with van der Waals surface area (Å²) < 4.78 is 13.1. The van der Waals surface area contributed by atoms with Gasteiger partial charge in [-0.1, -0.05) is 26.8 Å². The molecule has 0 spiro atoms. The molecule has 26 heavy (non-hydrogen) atoms. The Morgan fingerprint density at radius 2 is 2.04 bits per heavy atom. The summed E-state index contributed by atoms with van der Waals surface area (Å²) in [5, 5.41) is 2.63. The number of amides is 3. The molecule has 1 aromatic carbocycles. The maximum atomic E-state index is 13.1. The van der Waals surface area contributed by atoms with E-state index >= 15 is 0 Å². The maximum absolute atomic E-state index is 13.1. The van der Waals surface area contributed by atoms with E-state index in [4.69, 9.17) is 0 Å². The zero-order valence-electron chi connectivity index (χ0n) is 15.5. The van der Waals surface area contributed by atoms with Crippen LogP contribution in [-0.4, -0.2) is 29.2 Å². The van der Waals surface area contributed by atoms with Gasteiger partial charge in [0.15, 0.2) is 0 Å². The molecule has 2 atom stereocenters. The van der Waals surface area contributed by atoms with Gasteiger partial charge in [-0.15, -0.1) is 0 Å². The second-order valence-corrected chi connectivity index (χ2v) is 8.10. The molecule has 3 amide bonds. The number of hydrogen-bond acceptors (Lipinski definition) is 3. The van der Waals surface area contributed by atoms with Crippen molar-refractivity contribution in [3.63, 3.8) is 0 Å². The highest BCUT2D eigenvalue weighted by atomic mass is 19.1. The largest absolute Gasteiger partial charge is 0.326 e. The van der Waals surface area contributed by atoms with Crippen molar-refractivity contribution in [2.45, 2.75) is 46.5 Å². The molecule has 6 heteroatoms. The Balaban J connectivity index is 1.58. The van der Waals surface area contributed by atoms with Crippen LogP contribution in [-0.2, 0) is 14.4 Å². The van der Waals surface area contributed by atoms with E-state index in [1.54, 1.807) is 6.07 Å². The van der Waals surface area contributed by atoms with Crippen molar-refractivity contribution in [1.29, 1.82) is 0 Å². The van der Waals surface area contributed by atoms with Gasteiger partial charge in [-0.2, -0.15) is 0 Å². The van der Waals surface area contributed by atoms with Gasteiger partial charge in [0, 0.05) is 24.6 Å². The molecule has 2 aliphatic rings. The van der Waals surface area contributed by atoms with Gasteiger partial charge in [-0.3, -0.25) is 19.3 Å². The topological polar surface area (TPSA) is 66.5 Å². The molecular weight excluding hydrogens is 335 g/mol. The van der Waals surface area contributed by atoms with Crippen LogP contribution in [0.1, 0.15) is 46.5 Å². The molecule has 1 saturated heterocycles. The second kappa shape index (κ2) is 6.49. The van der Waals surface area contributed by atoms with E-state index in [2.05, 4.69) is 5.32 Å². The van der Waals surface area contributed by atoms with Gasteiger partial charge < -0.3 is 5.32 Å². The Labute approximate surface area is 152 Å². The minimum absolute atomic E-state index is 0.111. The van der Waals surface area contributed by atoms with Crippen molar-refractivity contribution >= 4 is 23.4 Å². The van der Waals surface area contributed by atoms with E-state index in [0.717, 1.165) is 12.8 Å². The number of likely N-dealkylation sites (tertiary alicyclic amines) is 1. The van der Waals surface area contributed by atoms with Gasteiger partial charge in [0.05, 0.1) is 5.41 Å². The smallest absolute Gasteiger partial charge is 0.235 e. The van der Waals surface area contributed by atoms with Crippen molar-refractivity contribution in [1.82, 2.24) is 4.90 Å². The summed E-state index contributed by atoms with van der Waals surface area (Å²) in [6, 6.07) is 5.68. The number of benzene rings is 1. The number of hydrogen-bond donors (Lipinski definition) is 1. The Kier molecular flexibility index (Phi) is 4.63. The first-order chi connectivity index (χ1) is 12.2. The molecule has 1 heterocycles. The van der Waals surface area contributed by atoms with Gasteiger partial charge in [0.1, 0.15) is 5.82 Å². The molecule has 3 rings (SSSR count). The first kappa shape index (κ1) is 18.5. The summed E-state index contributed by atoms with van der Waals surface area (Å²) in [7, 11) is 0. The van der Waals surface area contributed by atoms with Crippen LogP contribution in [0.3, 0.4) is 0 Å². The van der Waals surface area contributed by atoms with Crippen LogP contribution in [0.4, 0.5) is 10.1 Å². The Morgan fingerprint density at radius 3 is 2.73 bits per heavy atom. The van der Waals surface area contributed by atoms with Crippen molar-refractivity contribution in [3.05, 3.63) is 30.1 Å². The molecule has 2 bridgehead atoms. The van der Waals surface area contributed by atoms with Gasteiger partial charge in [-0.05, 0) is 42.9 Å². The monoisotopic (exact) mass is 360 g/mol. The minimum atomic E-state index is -0.518. The molecule has 1 saturated carbocycles. The number of fused-ring (bicyclic) bond motifs is 2. The average molecular weight is 360 g/mol. The fourth-order valence-electron chi connectivity index (χ4n) is 4.30. The number of piperidine rings is 1. The van der Waals surface area contributed by atoms with Crippen LogP contribution in [0.25, 0.3) is 0 Å².